The minimum atomic E-state index is -0.0847. The highest BCUT2D eigenvalue weighted by Crippen LogP contribution is 2.24. The summed E-state index contributed by atoms with van der Waals surface area (Å²) in [4.78, 5) is 0. The number of benzene rings is 2. The van der Waals surface area contributed by atoms with Crippen LogP contribution in [0.5, 0.6) is 0 Å². The van der Waals surface area contributed by atoms with E-state index in [1.165, 1.54) is 16.7 Å². The molecule has 1 atom stereocenters. The first kappa shape index (κ1) is 15.3. The van der Waals surface area contributed by atoms with Crippen molar-refractivity contribution in [2.75, 3.05) is 0 Å². The molecule has 0 spiro atoms. The van der Waals surface area contributed by atoms with Gasteiger partial charge in [-0.15, -0.1) is 0 Å². The molecule has 2 aromatic carbocycles. The van der Waals surface area contributed by atoms with Gasteiger partial charge in [0, 0.05) is 12.1 Å². The first-order valence-electron chi connectivity index (χ1n) is 8.32. The molecule has 1 unspecified atom stereocenters. The highest BCUT2D eigenvalue weighted by atomic mass is 16.3. The molecule has 0 bridgehead atoms. The zero-order valence-electron chi connectivity index (χ0n) is 13.2. The van der Waals surface area contributed by atoms with Crippen molar-refractivity contribution in [2.24, 2.45) is 0 Å². The van der Waals surface area contributed by atoms with Gasteiger partial charge in [0.25, 0.3) is 0 Å². The molecule has 22 heavy (non-hydrogen) atoms. The third-order valence-corrected chi connectivity index (χ3v) is 4.70. The van der Waals surface area contributed by atoms with Crippen molar-refractivity contribution in [1.29, 1.82) is 0 Å². The second-order valence-corrected chi connectivity index (χ2v) is 6.38. The second-order valence-electron chi connectivity index (χ2n) is 6.38. The summed E-state index contributed by atoms with van der Waals surface area (Å²) in [6, 6.07) is 20.2. The third kappa shape index (κ3) is 3.76. The molecular formula is C20H25NO. The van der Waals surface area contributed by atoms with Gasteiger partial charge in [0.15, 0.2) is 0 Å². The number of nitrogens with one attached hydrogen (secondary N) is 1. The fourth-order valence-corrected chi connectivity index (χ4v) is 3.29. The van der Waals surface area contributed by atoms with E-state index in [0.717, 1.165) is 25.7 Å². The standard InChI is InChI=1S/C20H25NO/c1-15(21-19-11-13-20(22)14-12-19)16-7-9-18(10-8-16)17-5-3-2-4-6-17/h2-10,15,19-22H,11-14H2,1H3. The lowest BCUT2D eigenvalue weighted by atomic mass is 9.92. The topological polar surface area (TPSA) is 32.3 Å². The van der Waals surface area contributed by atoms with Crippen molar-refractivity contribution in [3.8, 4) is 11.1 Å². The van der Waals surface area contributed by atoms with Crippen LogP contribution in [0.15, 0.2) is 54.6 Å². The normalized spacial score (nSPS) is 23.2. The number of hydrogen-bond donors (Lipinski definition) is 2. The average Bonchev–Trinajstić information content (AvgIpc) is 2.58. The maximum Gasteiger partial charge on any atom is 0.0541 e. The highest BCUT2D eigenvalue weighted by Gasteiger charge is 2.20. The predicted molar refractivity (Wildman–Crippen MR) is 91.7 cm³/mol. The Kier molecular flexibility index (Phi) is 4.91. The molecule has 2 nitrogen and oxygen atoms in total. The van der Waals surface area contributed by atoms with Gasteiger partial charge < -0.3 is 10.4 Å². The second kappa shape index (κ2) is 7.08. The van der Waals surface area contributed by atoms with Gasteiger partial charge in [-0.05, 0) is 49.3 Å². The molecule has 1 saturated carbocycles. The van der Waals surface area contributed by atoms with Gasteiger partial charge in [0.1, 0.15) is 0 Å². The van der Waals surface area contributed by atoms with E-state index in [1.54, 1.807) is 0 Å². The van der Waals surface area contributed by atoms with Crippen LogP contribution in [0.3, 0.4) is 0 Å². The van der Waals surface area contributed by atoms with E-state index in [1.807, 2.05) is 6.07 Å². The quantitative estimate of drug-likeness (QED) is 0.881. The van der Waals surface area contributed by atoms with Gasteiger partial charge in [0.2, 0.25) is 0 Å². The van der Waals surface area contributed by atoms with Gasteiger partial charge >= 0.3 is 0 Å². The van der Waals surface area contributed by atoms with Crippen LogP contribution in [0.25, 0.3) is 11.1 Å². The monoisotopic (exact) mass is 295 g/mol. The van der Waals surface area contributed by atoms with E-state index in [2.05, 4.69) is 60.8 Å². The molecule has 1 aliphatic carbocycles. The minimum Gasteiger partial charge on any atom is -0.393 e. The molecule has 0 radical (unpaired) electrons. The van der Waals surface area contributed by atoms with Gasteiger partial charge in [-0.25, -0.2) is 0 Å². The fraction of sp³-hybridized carbons (Fsp3) is 0.400. The van der Waals surface area contributed by atoms with Gasteiger partial charge in [-0.3, -0.25) is 0 Å². The molecule has 2 heteroatoms. The summed E-state index contributed by atoms with van der Waals surface area (Å²) >= 11 is 0. The van der Waals surface area contributed by atoms with Crippen LogP contribution in [0, 0.1) is 0 Å². The molecule has 0 aliphatic heterocycles. The smallest absolute Gasteiger partial charge is 0.0541 e. The van der Waals surface area contributed by atoms with Crippen molar-refractivity contribution < 1.29 is 5.11 Å². The van der Waals surface area contributed by atoms with Crippen molar-refractivity contribution in [2.45, 2.75) is 50.8 Å². The maximum absolute atomic E-state index is 9.59. The molecule has 0 heterocycles. The van der Waals surface area contributed by atoms with E-state index in [0.29, 0.717) is 12.1 Å². The molecule has 116 valence electrons. The lowest BCUT2D eigenvalue weighted by Crippen LogP contribution is -2.36. The summed E-state index contributed by atoms with van der Waals surface area (Å²) in [5.41, 5.74) is 3.85. The maximum atomic E-state index is 9.59. The third-order valence-electron chi connectivity index (χ3n) is 4.70. The largest absolute Gasteiger partial charge is 0.393 e. The van der Waals surface area contributed by atoms with Crippen LogP contribution in [-0.2, 0) is 0 Å². The first-order valence-corrected chi connectivity index (χ1v) is 8.32. The van der Waals surface area contributed by atoms with Crippen LogP contribution in [0.2, 0.25) is 0 Å². The van der Waals surface area contributed by atoms with Crippen LogP contribution in [-0.4, -0.2) is 17.3 Å². The minimum absolute atomic E-state index is 0.0847. The Hall–Kier alpha value is -1.64. The summed E-state index contributed by atoms with van der Waals surface area (Å²) in [6.45, 7) is 2.22. The summed E-state index contributed by atoms with van der Waals surface area (Å²) in [5.74, 6) is 0. The Morgan fingerprint density at radius 2 is 1.45 bits per heavy atom. The van der Waals surface area contributed by atoms with Gasteiger partial charge in [0.05, 0.1) is 6.10 Å². The Bertz CT molecular complexity index is 570. The van der Waals surface area contributed by atoms with Crippen molar-refractivity contribution in [3.63, 3.8) is 0 Å². The van der Waals surface area contributed by atoms with Crippen LogP contribution < -0.4 is 5.32 Å². The van der Waals surface area contributed by atoms with Crippen LogP contribution in [0.1, 0.15) is 44.2 Å². The summed E-state index contributed by atoms with van der Waals surface area (Å²) in [5, 5.41) is 13.3. The number of aliphatic hydroxyl groups is 1. The molecule has 2 aromatic rings. The molecule has 2 N–H and O–H groups in total. The van der Waals surface area contributed by atoms with E-state index in [4.69, 9.17) is 0 Å². The number of hydrogen-bond acceptors (Lipinski definition) is 2. The zero-order chi connectivity index (χ0) is 15.4. The Balaban J connectivity index is 1.62. The van der Waals surface area contributed by atoms with Crippen molar-refractivity contribution >= 4 is 0 Å². The Morgan fingerprint density at radius 1 is 0.864 bits per heavy atom. The summed E-state index contributed by atoms with van der Waals surface area (Å²) in [7, 11) is 0. The zero-order valence-corrected chi connectivity index (χ0v) is 13.2. The van der Waals surface area contributed by atoms with Gasteiger partial charge in [-0.1, -0.05) is 54.6 Å². The van der Waals surface area contributed by atoms with E-state index in [-0.39, 0.29) is 6.10 Å². The Labute approximate surface area is 133 Å². The van der Waals surface area contributed by atoms with Crippen LogP contribution in [0.4, 0.5) is 0 Å². The number of rotatable bonds is 4. The highest BCUT2D eigenvalue weighted by molar-refractivity contribution is 5.63. The fourth-order valence-electron chi connectivity index (χ4n) is 3.29. The summed E-state index contributed by atoms with van der Waals surface area (Å²) in [6.07, 6.45) is 3.93. The molecule has 1 aliphatic rings. The van der Waals surface area contributed by atoms with E-state index in [9.17, 15) is 5.11 Å². The molecular weight excluding hydrogens is 270 g/mol. The van der Waals surface area contributed by atoms with Crippen molar-refractivity contribution in [3.05, 3.63) is 60.2 Å². The molecule has 3 rings (SSSR count). The van der Waals surface area contributed by atoms with Crippen LogP contribution >= 0.6 is 0 Å². The molecule has 1 fully saturated rings. The van der Waals surface area contributed by atoms with E-state index >= 15 is 0 Å². The summed E-state index contributed by atoms with van der Waals surface area (Å²) < 4.78 is 0. The first-order chi connectivity index (χ1) is 10.7. The Morgan fingerprint density at radius 3 is 2.09 bits per heavy atom. The lowest BCUT2D eigenvalue weighted by Gasteiger charge is -2.29. The number of aliphatic hydroxyl groups excluding tert-OH is 1. The SMILES string of the molecule is CC(NC1CCC(O)CC1)c1ccc(-c2ccccc2)cc1. The predicted octanol–water partition coefficient (Wildman–Crippen LogP) is 4.31. The molecule has 0 saturated heterocycles. The average molecular weight is 295 g/mol. The van der Waals surface area contributed by atoms with Crippen molar-refractivity contribution in [1.82, 2.24) is 5.32 Å². The molecule has 0 aromatic heterocycles. The molecule has 0 amide bonds. The van der Waals surface area contributed by atoms with Gasteiger partial charge in [-0.2, -0.15) is 0 Å². The lowest BCUT2D eigenvalue weighted by molar-refractivity contribution is 0.114. The van der Waals surface area contributed by atoms with E-state index < -0.39 is 0 Å².